The second kappa shape index (κ2) is 7.25. The van der Waals surface area contributed by atoms with Gasteiger partial charge in [-0.05, 0) is 59.2 Å². The van der Waals surface area contributed by atoms with Gasteiger partial charge in [-0.2, -0.15) is 5.10 Å². The number of hydrogen-bond donors (Lipinski definition) is 2. The van der Waals surface area contributed by atoms with E-state index in [1.807, 2.05) is 42.5 Å². The third-order valence-corrected chi connectivity index (χ3v) is 4.42. The van der Waals surface area contributed by atoms with E-state index in [2.05, 4.69) is 38.7 Å². The lowest BCUT2D eigenvalue weighted by atomic mass is 10.0. The quantitative estimate of drug-likeness (QED) is 0.578. The predicted molar refractivity (Wildman–Crippen MR) is 108 cm³/mol. The molecule has 0 spiro atoms. The average Bonchev–Trinajstić information content (AvgIpc) is 3.14. The van der Waals surface area contributed by atoms with E-state index >= 15 is 0 Å². The number of amides is 1. The van der Waals surface area contributed by atoms with Crippen molar-refractivity contribution >= 4 is 29.0 Å². The zero-order valence-corrected chi connectivity index (χ0v) is 14.8. The van der Waals surface area contributed by atoms with Gasteiger partial charge in [0, 0.05) is 30.4 Å². The molecule has 2 N–H and O–H groups in total. The number of carbonyl (C=O) groups excluding carboxylic acids is 1. The fourth-order valence-electron chi connectivity index (χ4n) is 2.99. The number of H-pyrrole nitrogens is 1. The van der Waals surface area contributed by atoms with Crippen LogP contribution >= 0.6 is 0 Å². The second-order valence-corrected chi connectivity index (χ2v) is 6.14. The minimum atomic E-state index is -0.0980. The highest BCUT2D eigenvalue weighted by Crippen LogP contribution is 2.25. The lowest BCUT2D eigenvalue weighted by Crippen LogP contribution is -2.17. The van der Waals surface area contributed by atoms with E-state index in [4.69, 9.17) is 0 Å². The van der Waals surface area contributed by atoms with E-state index in [0.717, 1.165) is 33.3 Å². The summed E-state index contributed by atoms with van der Waals surface area (Å²) in [5.41, 5.74) is 5.64. The van der Waals surface area contributed by atoms with Crippen LogP contribution in [0.25, 0.3) is 34.2 Å². The minimum Gasteiger partial charge on any atom is -0.355 e. The summed E-state index contributed by atoms with van der Waals surface area (Å²) in [6, 6.07) is 17.7. The van der Waals surface area contributed by atoms with Crippen LogP contribution < -0.4 is 5.32 Å². The molecule has 0 saturated carbocycles. The molecule has 0 aliphatic rings. The Morgan fingerprint density at radius 3 is 2.67 bits per heavy atom. The molecule has 0 radical (unpaired) electrons. The molecule has 5 heteroatoms. The first-order chi connectivity index (χ1) is 13.2. The number of hydrogen-bond acceptors (Lipinski definition) is 3. The lowest BCUT2D eigenvalue weighted by molar-refractivity contribution is 0.0963. The summed E-state index contributed by atoms with van der Waals surface area (Å²) in [5, 5.41) is 11.2. The van der Waals surface area contributed by atoms with Crippen LogP contribution in [0.3, 0.4) is 0 Å². The lowest BCUT2D eigenvalue weighted by Gasteiger charge is -2.01. The van der Waals surface area contributed by atoms with Gasteiger partial charge in [0.15, 0.2) is 0 Å². The molecular weight excluding hydrogens is 336 g/mol. The molecule has 0 aliphatic carbocycles. The molecule has 27 heavy (non-hydrogen) atoms. The van der Waals surface area contributed by atoms with Crippen molar-refractivity contribution in [3.63, 3.8) is 0 Å². The number of fused-ring (bicyclic) bond motifs is 1. The summed E-state index contributed by atoms with van der Waals surface area (Å²) < 4.78 is 0. The standard InChI is InChI=1S/C22H18N4O/c1-23-22(27)18-4-2-3-15(13-18)5-8-20-19-7-6-17(14-21(19)26-25-20)16-9-11-24-12-10-16/h2-14H,1H3,(H,23,27)(H,25,26)/b8-5+. The largest absolute Gasteiger partial charge is 0.355 e. The average molecular weight is 354 g/mol. The Kier molecular flexibility index (Phi) is 4.49. The summed E-state index contributed by atoms with van der Waals surface area (Å²) in [6.07, 6.45) is 7.48. The number of benzene rings is 2. The van der Waals surface area contributed by atoms with Gasteiger partial charge in [-0.3, -0.25) is 14.9 Å². The van der Waals surface area contributed by atoms with Crippen molar-refractivity contribution in [2.24, 2.45) is 0 Å². The van der Waals surface area contributed by atoms with Crippen LogP contribution in [0.15, 0.2) is 67.0 Å². The predicted octanol–water partition coefficient (Wildman–Crippen LogP) is 4.15. The van der Waals surface area contributed by atoms with Crippen molar-refractivity contribution in [2.75, 3.05) is 7.05 Å². The SMILES string of the molecule is CNC(=O)c1cccc(/C=C/c2n[nH]c3cc(-c4ccncc4)ccc23)c1. The van der Waals surface area contributed by atoms with Gasteiger partial charge in [0.25, 0.3) is 5.91 Å². The first kappa shape index (κ1) is 16.7. The van der Waals surface area contributed by atoms with Crippen LogP contribution in [-0.2, 0) is 0 Å². The Balaban J connectivity index is 1.63. The summed E-state index contributed by atoms with van der Waals surface area (Å²) in [4.78, 5) is 15.8. The third kappa shape index (κ3) is 3.48. The van der Waals surface area contributed by atoms with Crippen LogP contribution in [0.1, 0.15) is 21.6 Å². The van der Waals surface area contributed by atoms with Crippen LogP contribution in [0.2, 0.25) is 0 Å². The molecule has 132 valence electrons. The molecule has 2 aromatic carbocycles. The summed E-state index contributed by atoms with van der Waals surface area (Å²) in [5.74, 6) is -0.0980. The Morgan fingerprint density at radius 2 is 1.85 bits per heavy atom. The molecule has 4 rings (SSSR count). The number of nitrogens with one attached hydrogen (secondary N) is 2. The number of carbonyl (C=O) groups is 1. The van der Waals surface area contributed by atoms with E-state index in [-0.39, 0.29) is 5.91 Å². The van der Waals surface area contributed by atoms with Crippen LogP contribution in [0.4, 0.5) is 0 Å². The van der Waals surface area contributed by atoms with Crippen molar-refractivity contribution in [1.29, 1.82) is 0 Å². The maximum absolute atomic E-state index is 11.8. The molecule has 0 saturated heterocycles. The molecule has 0 unspecified atom stereocenters. The topological polar surface area (TPSA) is 70.7 Å². The van der Waals surface area contributed by atoms with Crippen molar-refractivity contribution < 1.29 is 4.79 Å². The summed E-state index contributed by atoms with van der Waals surface area (Å²) in [6.45, 7) is 0. The number of pyridine rings is 1. The Morgan fingerprint density at radius 1 is 1.00 bits per heavy atom. The molecule has 2 aromatic heterocycles. The van der Waals surface area contributed by atoms with Gasteiger partial charge in [0.1, 0.15) is 0 Å². The van der Waals surface area contributed by atoms with Crippen molar-refractivity contribution in [1.82, 2.24) is 20.5 Å². The van der Waals surface area contributed by atoms with E-state index in [1.165, 1.54) is 0 Å². The van der Waals surface area contributed by atoms with Gasteiger partial charge in [0.2, 0.25) is 0 Å². The van der Waals surface area contributed by atoms with Crippen LogP contribution in [0, 0.1) is 0 Å². The maximum atomic E-state index is 11.8. The number of aromatic amines is 1. The van der Waals surface area contributed by atoms with Gasteiger partial charge in [0.05, 0.1) is 11.2 Å². The molecule has 0 atom stereocenters. The first-order valence-electron chi connectivity index (χ1n) is 8.63. The molecule has 0 bridgehead atoms. The van der Waals surface area contributed by atoms with Gasteiger partial charge in [-0.1, -0.05) is 24.3 Å². The Bertz CT molecular complexity index is 1130. The van der Waals surface area contributed by atoms with E-state index in [9.17, 15) is 4.79 Å². The molecule has 5 nitrogen and oxygen atoms in total. The van der Waals surface area contributed by atoms with Gasteiger partial charge in [-0.25, -0.2) is 0 Å². The highest BCUT2D eigenvalue weighted by molar-refractivity contribution is 5.95. The summed E-state index contributed by atoms with van der Waals surface area (Å²) in [7, 11) is 1.63. The van der Waals surface area contributed by atoms with Crippen molar-refractivity contribution in [3.8, 4) is 11.1 Å². The van der Waals surface area contributed by atoms with Gasteiger partial charge >= 0.3 is 0 Å². The molecular formula is C22H18N4O. The van der Waals surface area contributed by atoms with E-state index in [1.54, 1.807) is 25.5 Å². The number of aromatic nitrogens is 3. The van der Waals surface area contributed by atoms with Crippen LogP contribution in [-0.4, -0.2) is 28.1 Å². The first-order valence-corrected chi connectivity index (χ1v) is 8.63. The fraction of sp³-hybridized carbons (Fsp3) is 0.0455. The zero-order valence-electron chi connectivity index (χ0n) is 14.8. The van der Waals surface area contributed by atoms with Crippen molar-refractivity contribution in [3.05, 3.63) is 83.8 Å². The smallest absolute Gasteiger partial charge is 0.251 e. The molecule has 0 fully saturated rings. The highest BCUT2D eigenvalue weighted by Gasteiger charge is 2.06. The number of nitrogens with zero attached hydrogens (tertiary/aromatic N) is 2. The normalized spacial score (nSPS) is 11.1. The summed E-state index contributed by atoms with van der Waals surface area (Å²) >= 11 is 0. The zero-order chi connectivity index (χ0) is 18.6. The monoisotopic (exact) mass is 354 g/mol. The van der Waals surface area contributed by atoms with Gasteiger partial charge < -0.3 is 5.32 Å². The van der Waals surface area contributed by atoms with E-state index in [0.29, 0.717) is 5.56 Å². The molecule has 1 amide bonds. The molecule has 0 aliphatic heterocycles. The highest BCUT2D eigenvalue weighted by atomic mass is 16.1. The maximum Gasteiger partial charge on any atom is 0.251 e. The molecule has 4 aromatic rings. The minimum absolute atomic E-state index is 0.0980. The fourth-order valence-corrected chi connectivity index (χ4v) is 2.99. The van der Waals surface area contributed by atoms with Crippen LogP contribution in [0.5, 0.6) is 0 Å². The Labute approximate surface area is 156 Å². The second-order valence-electron chi connectivity index (χ2n) is 6.14. The Hall–Kier alpha value is -3.73. The van der Waals surface area contributed by atoms with Crippen molar-refractivity contribution in [2.45, 2.75) is 0 Å². The van der Waals surface area contributed by atoms with Gasteiger partial charge in [-0.15, -0.1) is 0 Å². The van der Waals surface area contributed by atoms with E-state index < -0.39 is 0 Å². The molecule has 2 heterocycles. The third-order valence-electron chi connectivity index (χ3n) is 4.42. The number of rotatable bonds is 4.